The van der Waals surface area contributed by atoms with Crippen molar-refractivity contribution in [1.82, 2.24) is 14.6 Å². The maximum Gasteiger partial charge on any atom is 0.157 e. The van der Waals surface area contributed by atoms with Gasteiger partial charge in [0.05, 0.1) is 11.3 Å². The lowest BCUT2D eigenvalue weighted by molar-refractivity contribution is 0.0733. The highest BCUT2D eigenvalue weighted by Gasteiger charge is 2.17. The average Bonchev–Trinajstić information content (AvgIpc) is 2.73. The monoisotopic (exact) mass is 290 g/mol. The molecule has 1 N–H and O–H groups in total. The van der Waals surface area contributed by atoms with Gasteiger partial charge in [-0.05, 0) is 33.1 Å². The molecule has 0 aromatic carbocycles. The first kappa shape index (κ1) is 15.8. The Kier molecular flexibility index (Phi) is 4.23. The van der Waals surface area contributed by atoms with Crippen LogP contribution in [0.25, 0.3) is 5.65 Å². The van der Waals surface area contributed by atoms with Crippen molar-refractivity contribution in [3.05, 3.63) is 23.5 Å². The number of hydrogen-bond acceptors (Lipinski definition) is 4. The molecular formula is C16H26N4O. The maximum atomic E-state index is 9.91. The standard InChI is InChI=1S/C16H26N4O/c1-11(2)13-10-15(19(6)8-7-16(4,5)21)20-14(17-13)9-12(3)18-20/h9-11,21H,7-8H2,1-6H3. The molecule has 0 fully saturated rings. The number of aliphatic hydroxyl groups is 1. The van der Waals surface area contributed by atoms with E-state index in [2.05, 4.69) is 34.9 Å². The molecule has 0 saturated carbocycles. The summed E-state index contributed by atoms with van der Waals surface area (Å²) in [6, 6.07) is 4.09. The third-order valence-electron chi connectivity index (χ3n) is 3.59. The van der Waals surface area contributed by atoms with E-state index in [0.717, 1.165) is 29.4 Å². The van der Waals surface area contributed by atoms with Crippen molar-refractivity contribution in [3.63, 3.8) is 0 Å². The molecule has 2 rings (SSSR count). The molecule has 0 unspecified atom stereocenters. The van der Waals surface area contributed by atoms with E-state index in [1.54, 1.807) is 0 Å². The number of aryl methyl sites for hydroxylation is 1. The number of anilines is 1. The highest BCUT2D eigenvalue weighted by Crippen LogP contribution is 2.22. The molecule has 0 aliphatic carbocycles. The molecule has 0 radical (unpaired) electrons. The van der Waals surface area contributed by atoms with E-state index in [9.17, 15) is 5.11 Å². The van der Waals surface area contributed by atoms with Crippen molar-refractivity contribution < 1.29 is 5.11 Å². The van der Waals surface area contributed by atoms with Crippen LogP contribution in [-0.2, 0) is 0 Å². The zero-order chi connectivity index (χ0) is 15.8. The Hall–Kier alpha value is -1.62. The molecule has 5 nitrogen and oxygen atoms in total. The van der Waals surface area contributed by atoms with Gasteiger partial charge in [0.25, 0.3) is 0 Å². The second-order valence-electron chi connectivity index (χ2n) is 6.73. The summed E-state index contributed by atoms with van der Waals surface area (Å²) in [5.74, 6) is 1.38. The van der Waals surface area contributed by atoms with E-state index < -0.39 is 5.60 Å². The van der Waals surface area contributed by atoms with Gasteiger partial charge in [-0.15, -0.1) is 0 Å². The van der Waals surface area contributed by atoms with Crippen LogP contribution in [0.5, 0.6) is 0 Å². The number of hydrogen-bond donors (Lipinski definition) is 1. The summed E-state index contributed by atoms with van der Waals surface area (Å²) in [6.07, 6.45) is 0.699. The van der Waals surface area contributed by atoms with Crippen molar-refractivity contribution in [3.8, 4) is 0 Å². The first-order chi connectivity index (χ1) is 9.67. The van der Waals surface area contributed by atoms with Crippen molar-refractivity contribution >= 4 is 11.5 Å². The topological polar surface area (TPSA) is 53.7 Å². The third-order valence-corrected chi connectivity index (χ3v) is 3.59. The first-order valence-electron chi connectivity index (χ1n) is 7.48. The molecule has 0 saturated heterocycles. The predicted octanol–water partition coefficient (Wildman–Crippen LogP) is 2.76. The second-order valence-corrected chi connectivity index (χ2v) is 6.73. The Labute approximate surface area is 126 Å². The zero-order valence-corrected chi connectivity index (χ0v) is 13.9. The fourth-order valence-electron chi connectivity index (χ4n) is 2.22. The molecule has 116 valence electrons. The van der Waals surface area contributed by atoms with Crippen molar-refractivity contribution in [2.75, 3.05) is 18.5 Å². The van der Waals surface area contributed by atoms with Crippen LogP contribution < -0.4 is 4.90 Å². The molecule has 5 heteroatoms. The fourth-order valence-corrected chi connectivity index (χ4v) is 2.22. The summed E-state index contributed by atoms with van der Waals surface area (Å²) >= 11 is 0. The van der Waals surface area contributed by atoms with Gasteiger partial charge in [0.15, 0.2) is 5.65 Å². The Morgan fingerprint density at radius 2 is 2.00 bits per heavy atom. The van der Waals surface area contributed by atoms with E-state index in [4.69, 9.17) is 0 Å². The molecule has 0 atom stereocenters. The lowest BCUT2D eigenvalue weighted by atomic mass is 10.1. The Balaban J connectivity index is 2.40. The number of nitrogens with zero attached hydrogens (tertiary/aromatic N) is 4. The highest BCUT2D eigenvalue weighted by atomic mass is 16.3. The minimum Gasteiger partial charge on any atom is -0.390 e. The fraction of sp³-hybridized carbons (Fsp3) is 0.625. The van der Waals surface area contributed by atoms with E-state index in [1.165, 1.54) is 0 Å². The van der Waals surface area contributed by atoms with Crippen molar-refractivity contribution in [1.29, 1.82) is 0 Å². The minimum atomic E-state index is -0.665. The van der Waals surface area contributed by atoms with Crippen LogP contribution in [0.2, 0.25) is 0 Å². The predicted molar refractivity (Wildman–Crippen MR) is 86.0 cm³/mol. The Morgan fingerprint density at radius 1 is 1.33 bits per heavy atom. The molecule has 0 spiro atoms. The van der Waals surface area contributed by atoms with Crippen molar-refractivity contribution in [2.24, 2.45) is 0 Å². The molecule has 2 aromatic heterocycles. The lowest BCUT2D eigenvalue weighted by Crippen LogP contribution is -2.29. The van der Waals surface area contributed by atoms with Gasteiger partial charge in [0.1, 0.15) is 5.82 Å². The van der Waals surface area contributed by atoms with Gasteiger partial charge in [-0.1, -0.05) is 13.8 Å². The maximum absolute atomic E-state index is 9.91. The molecule has 2 heterocycles. The molecule has 0 aliphatic rings. The summed E-state index contributed by atoms with van der Waals surface area (Å²) in [5, 5.41) is 14.4. The molecule has 0 bridgehead atoms. The zero-order valence-electron chi connectivity index (χ0n) is 13.9. The summed E-state index contributed by atoms with van der Waals surface area (Å²) in [4.78, 5) is 6.80. The van der Waals surface area contributed by atoms with Gasteiger partial charge >= 0.3 is 0 Å². The van der Waals surface area contributed by atoms with E-state index in [-0.39, 0.29) is 0 Å². The number of rotatable bonds is 5. The number of fused-ring (bicyclic) bond motifs is 1. The van der Waals surface area contributed by atoms with Crippen LogP contribution in [0.3, 0.4) is 0 Å². The Bertz CT molecular complexity index is 625. The number of aromatic nitrogens is 3. The smallest absolute Gasteiger partial charge is 0.157 e. The van der Waals surface area contributed by atoms with Crippen LogP contribution in [0.1, 0.15) is 51.4 Å². The van der Waals surface area contributed by atoms with Crippen LogP contribution >= 0.6 is 0 Å². The SMILES string of the molecule is Cc1cc2nc(C(C)C)cc(N(C)CCC(C)(C)O)n2n1. The summed E-state index contributed by atoms with van der Waals surface area (Å²) in [6.45, 7) is 10.7. The largest absolute Gasteiger partial charge is 0.390 e. The summed E-state index contributed by atoms with van der Waals surface area (Å²) < 4.78 is 1.88. The van der Waals surface area contributed by atoms with Crippen LogP contribution in [0.15, 0.2) is 12.1 Å². The highest BCUT2D eigenvalue weighted by molar-refractivity contribution is 5.52. The minimum absolute atomic E-state index is 0.367. The van der Waals surface area contributed by atoms with Crippen molar-refractivity contribution in [2.45, 2.75) is 52.6 Å². The van der Waals surface area contributed by atoms with E-state index in [1.807, 2.05) is 38.4 Å². The van der Waals surface area contributed by atoms with E-state index in [0.29, 0.717) is 12.3 Å². The van der Waals surface area contributed by atoms with Crippen LogP contribution in [0, 0.1) is 6.92 Å². The second kappa shape index (κ2) is 5.64. The van der Waals surface area contributed by atoms with Gasteiger partial charge in [-0.25, -0.2) is 4.98 Å². The van der Waals surface area contributed by atoms with Gasteiger partial charge in [0.2, 0.25) is 0 Å². The normalized spacial score (nSPS) is 12.4. The third kappa shape index (κ3) is 3.73. The van der Waals surface area contributed by atoms with Gasteiger partial charge < -0.3 is 10.0 Å². The lowest BCUT2D eigenvalue weighted by Gasteiger charge is -2.25. The van der Waals surface area contributed by atoms with E-state index >= 15 is 0 Å². The van der Waals surface area contributed by atoms with Crippen LogP contribution in [0.4, 0.5) is 5.82 Å². The molecule has 2 aromatic rings. The average molecular weight is 290 g/mol. The molecule has 0 aliphatic heterocycles. The molecule has 21 heavy (non-hydrogen) atoms. The van der Waals surface area contributed by atoms with Crippen LogP contribution in [-0.4, -0.2) is 38.9 Å². The summed E-state index contributed by atoms with van der Waals surface area (Å²) in [5.41, 5.74) is 2.23. The van der Waals surface area contributed by atoms with Gasteiger partial charge in [-0.3, -0.25) is 0 Å². The van der Waals surface area contributed by atoms with Gasteiger partial charge in [0, 0.05) is 31.4 Å². The molecule has 0 amide bonds. The Morgan fingerprint density at radius 3 is 2.57 bits per heavy atom. The summed E-state index contributed by atoms with van der Waals surface area (Å²) in [7, 11) is 2.03. The quantitative estimate of drug-likeness (QED) is 0.920. The molecular weight excluding hydrogens is 264 g/mol. The first-order valence-corrected chi connectivity index (χ1v) is 7.48. The van der Waals surface area contributed by atoms with Gasteiger partial charge in [-0.2, -0.15) is 9.61 Å².